The lowest BCUT2D eigenvalue weighted by Gasteiger charge is -2.09. The molecule has 0 amide bonds. The molecule has 2 heterocycles. The van der Waals surface area contributed by atoms with Crippen molar-refractivity contribution in [3.05, 3.63) is 29.7 Å². The van der Waals surface area contributed by atoms with Crippen molar-refractivity contribution < 1.29 is 8.42 Å². The lowest BCUT2D eigenvalue weighted by molar-refractivity contribution is 0.518. The predicted octanol–water partition coefficient (Wildman–Crippen LogP) is 1.71. The quantitative estimate of drug-likeness (QED) is 0.857. The summed E-state index contributed by atoms with van der Waals surface area (Å²) in [5.74, 6) is 0.769. The molecule has 0 atom stereocenters. The molecule has 0 aliphatic heterocycles. The minimum absolute atomic E-state index is 0.136. The van der Waals surface area contributed by atoms with E-state index in [1.54, 1.807) is 0 Å². The molecule has 0 bridgehead atoms. The molecular formula is C13H19N3O2S. The first-order valence-electron chi connectivity index (χ1n) is 6.34. The van der Waals surface area contributed by atoms with Crippen molar-refractivity contribution in [1.29, 1.82) is 0 Å². The van der Waals surface area contributed by atoms with Crippen molar-refractivity contribution in [2.75, 3.05) is 14.1 Å². The molecule has 2 aromatic heterocycles. The second-order valence-electron chi connectivity index (χ2n) is 4.62. The van der Waals surface area contributed by atoms with Gasteiger partial charge in [-0.3, -0.25) is 0 Å². The van der Waals surface area contributed by atoms with E-state index in [-0.39, 0.29) is 5.03 Å². The number of nitrogens with zero attached hydrogens (tertiary/aromatic N) is 3. The maximum Gasteiger partial charge on any atom is 0.262 e. The van der Waals surface area contributed by atoms with Crippen molar-refractivity contribution in [2.45, 2.75) is 31.7 Å². The predicted molar refractivity (Wildman–Crippen MR) is 74.8 cm³/mol. The number of imidazole rings is 1. The number of rotatable bonds is 4. The van der Waals surface area contributed by atoms with Crippen LogP contribution in [0.2, 0.25) is 0 Å². The van der Waals surface area contributed by atoms with E-state index in [1.165, 1.54) is 18.4 Å². The van der Waals surface area contributed by atoms with Gasteiger partial charge in [0.15, 0.2) is 5.03 Å². The maximum atomic E-state index is 12.3. The van der Waals surface area contributed by atoms with Crippen LogP contribution in [0.25, 0.3) is 5.52 Å². The molecule has 5 nitrogen and oxygen atoms in total. The largest absolute Gasteiger partial charge is 0.302 e. The Morgan fingerprint density at radius 2 is 1.89 bits per heavy atom. The Bertz CT molecular complexity index is 702. The van der Waals surface area contributed by atoms with Crippen LogP contribution in [-0.4, -0.2) is 36.2 Å². The highest BCUT2D eigenvalue weighted by Gasteiger charge is 2.25. The number of sulfonamides is 1. The third-order valence-electron chi connectivity index (χ3n) is 3.19. The topological polar surface area (TPSA) is 54.7 Å². The Morgan fingerprint density at radius 1 is 1.21 bits per heavy atom. The number of pyridine rings is 1. The molecule has 0 fully saturated rings. The smallest absolute Gasteiger partial charge is 0.262 e. The zero-order valence-corrected chi connectivity index (χ0v) is 12.5. The Balaban J connectivity index is 2.78. The number of hydrogen-bond acceptors (Lipinski definition) is 3. The molecule has 2 aromatic rings. The van der Waals surface area contributed by atoms with Crippen molar-refractivity contribution in [2.24, 2.45) is 0 Å². The van der Waals surface area contributed by atoms with E-state index in [2.05, 4.69) is 11.9 Å². The summed E-state index contributed by atoms with van der Waals surface area (Å²) in [6.07, 6.45) is 3.57. The van der Waals surface area contributed by atoms with Gasteiger partial charge in [-0.15, -0.1) is 0 Å². The van der Waals surface area contributed by atoms with E-state index in [1.807, 2.05) is 29.7 Å². The van der Waals surface area contributed by atoms with Crippen LogP contribution >= 0.6 is 0 Å². The van der Waals surface area contributed by atoms with E-state index < -0.39 is 10.0 Å². The SMILES string of the molecule is CCc1ccc2c(S(=O)(=O)N(C)C)nc(CC)n2c1. The van der Waals surface area contributed by atoms with Gasteiger partial charge in [0, 0.05) is 26.7 Å². The fraction of sp³-hybridized carbons (Fsp3) is 0.462. The highest BCUT2D eigenvalue weighted by molar-refractivity contribution is 7.89. The summed E-state index contributed by atoms with van der Waals surface area (Å²) >= 11 is 0. The monoisotopic (exact) mass is 281 g/mol. The normalized spacial score (nSPS) is 12.5. The van der Waals surface area contributed by atoms with Gasteiger partial charge in [0.05, 0.1) is 5.52 Å². The van der Waals surface area contributed by atoms with E-state index in [4.69, 9.17) is 0 Å². The van der Waals surface area contributed by atoms with Crippen molar-refractivity contribution in [3.63, 3.8) is 0 Å². The van der Waals surface area contributed by atoms with Crippen LogP contribution in [0, 0.1) is 0 Å². The highest BCUT2D eigenvalue weighted by Crippen LogP contribution is 2.21. The molecule has 19 heavy (non-hydrogen) atoms. The van der Waals surface area contributed by atoms with Gasteiger partial charge in [-0.05, 0) is 18.1 Å². The lowest BCUT2D eigenvalue weighted by Crippen LogP contribution is -2.22. The summed E-state index contributed by atoms with van der Waals surface area (Å²) in [6.45, 7) is 4.04. The lowest BCUT2D eigenvalue weighted by atomic mass is 10.2. The summed E-state index contributed by atoms with van der Waals surface area (Å²) in [5, 5.41) is 0.136. The summed E-state index contributed by atoms with van der Waals surface area (Å²) in [7, 11) is -0.470. The van der Waals surface area contributed by atoms with E-state index in [0.29, 0.717) is 11.9 Å². The molecule has 0 radical (unpaired) electrons. The molecule has 0 aliphatic rings. The zero-order valence-electron chi connectivity index (χ0n) is 11.7. The fourth-order valence-corrected chi connectivity index (χ4v) is 2.98. The summed E-state index contributed by atoms with van der Waals surface area (Å²) < 4.78 is 27.6. The average molecular weight is 281 g/mol. The molecule has 0 aromatic carbocycles. The van der Waals surface area contributed by atoms with E-state index in [0.717, 1.165) is 17.8 Å². The zero-order chi connectivity index (χ0) is 14.2. The van der Waals surface area contributed by atoms with Crippen molar-refractivity contribution in [1.82, 2.24) is 13.7 Å². The van der Waals surface area contributed by atoms with Gasteiger partial charge in [-0.25, -0.2) is 17.7 Å². The molecule has 0 spiro atoms. The molecular weight excluding hydrogens is 262 g/mol. The number of fused-ring (bicyclic) bond motifs is 1. The van der Waals surface area contributed by atoms with E-state index in [9.17, 15) is 8.42 Å². The van der Waals surface area contributed by atoms with E-state index >= 15 is 0 Å². The Kier molecular flexibility index (Phi) is 3.64. The first-order chi connectivity index (χ1) is 8.91. The summed E-state index contributed by atoms with van der Waals surface area (Å²) in [6, 6.07) is 3.78. The second-order valence-corrected chi connectivity index (χ2v) is 6.69. The van der Waals surface area contributed by atoms with Crippen LogP contribution in [0.3, 0.4) is 0 Å². The summed E-state index contributed by atoms with van der Waals surface area (Å²) in [5.41, 5.74) is 1.80. The highest BCUT2D eigenvalue weighted by atomic mass is 32.2. The Labute approximate surface area is 113 Å². The molecule has 104 valence electrons. The molecule has 0 N–H and O–H groups in total. The van der Waals surface area contributed by atoms with Crippen molar-refractivity contribution >= 4 is 15.5 Å². The second kappa shape index (κ2) is 4.94. The van der Waals surface area contributed by atoms with Gasteiger partial charge in [-0.2, -0.15) is 0 Å². The van der Waals surface area contributed by atoms with Crippen molar-refractivity contribution in [3.8, 4) is 0 Å². The molecule has 2 rings (SSSR count). The van der Waals surface area contributed by atoms with Gasteiger partial charge in [0.1, 0.15) is 5.82 Å². The first kappa shape index (κ1) is 14.0. The number of aromatic nitrogens is 2. The van der Waals surface area contributed by atoms with Crippen LogP contribution in [0.1, 0.15) is 25.2 Å². The standard InChI is InChI=1S/C13H19N3O2S/c1-5-10-7-8-11-13(19(17,18)15(3)4)14-12(6-2)16(11)9-10/h7-9H,5-6H2,1-4H3. The summed E-state index contributed by atoms with van der Waals surface area (Å²) in [4.78, 5) is 4.31. The van der Waals surface area contributed by atoms with Crippen LogP contribution in [0.15, 0.2) is 23.4 Å². The molecule has 0 saturated carbocycles. The first-order valence-corrected chi connectivity index (χ1v) is 7.78. The Hall–Kier alpha value is -1.40. The van der Waals surface area contributed by atoms with Gasteiger partial charge in [-0.1, -0.05) is 19.9 Å². The number of hydrogen-bond donors (Lipinski definition) is 0. The van der Waals surface area contributed by atoms with Gasteiger partial charge in [0.2, 0.25) is 0 Å². The third-order valence-corrected chi connectivity index (χ3v) is 4.94. The molecule has 0 aliphatic carbocycles. The maximum absolute atomic E-state index is 12.3. The molecule has 0 unspecified atom stereocenters. The minimum Gasteiger partial charge on any atom is -0.302 e. The average Bonchev–Trinajstić information content (AvgIpc) is 2.76. The van der Waals surface area contributed by atoms with Gasteiger partial charge >= 0.3 is 0 Å². The minimum atomic E-state index is -3.51. The van der Waals surface area contributed by atoms with Gasteiger partial charge < -0.3 is 4.40 Å². The fourth-order valence-electron chi connectivity index (χ4n) is 1.98. The van der Waals surface area contributed by atoms with Crippen LogP contribution in [0.5, 0.6) is 0 Å². The third kappa shape index (κ3) is 2.26. The Morgan fingerprint density at radius 3 is 2.42 bits per heavy atom. The molecule has 0 saturated heterocycles. The molecule has 6 heteroatoms. The van der Waals surface area contributed by atoms with Crippen LogP contribution in [-0.2, 0) is 22.9 Å². The number of aryl methyl sites for hydroxylation is 2. The van der Waals surface area contributed by atoms with Crippen LogP contribution < -0.4 is 0 Å². The van der Waals surface area contributed by atoms with Gasteiger partial charge in [0.25, 0.3) is 10.0 Å². The van der Waals surface area contributed by atoms with Crippen LogP contribution in [0.4, 0.5) is 0 Å².